The highest BCUT2D eigenvalue weighted by Gasteiger charge is 2.06. The van der Waals surface area contributed by atoms with E-state index in [-0.39, 0.29) is 6.54 Å². The minimum atomic E-state index is -0.700. The number of nitrogens with one attached hydrogen (secondary N) is 1. The van der Waals surface area contributed by atoms with E-state index in [4.69, 9.17) is 5.73 Å². The third kappa shape index (κ3) is 3.13. The number of urea groups is 1. The molecule has 0 aliphatic rings. The minimum absolute atomic E-state index is 0.138. The first-order valence-corrected chi connectivity index (χ1v) is 3.96. The average Bonchev–Trinajstić information content (AvgIpc) is 2.15. The van der Waals surface area contributed by atoms with Crippen LogP contribution in [0.1, 0.15) is 11.7 Å². The predicted molar refractivity (Wildman–Crippen MR) is 49.0 cm³/mol. The fraction of sp³-hybridized carbons (Fsp3) is 0.222. The average molecular weight is 180 g/mol. The molecule has 4 heteroatoms. The van der Waals surface area contributed by atoms with Gasteiger partial charge in [0.15, 0.2) is 0 Å². The number of carbonyl (C=O) groups excluding carboxylic acids is 1. The van der Waals surface area contributed by atoms with E-state index in [2.05, 4.69) is 5.32 Å². The van der Waals surface area contributed by atoms with E-state index in [0.29, 0.717) is 0 Å². The van der Waals surface area contributed by atoms with Gasteiger partial charge >= 0.3 is 6.03 Å². The van der Waals surface area contributed by atoms with Crippen LogP contribution < -0.4 is 11.1 Å². The molecule has 13 heavy (non-hydrogen) atoms. The highest BCUT2D eigenvalue weighted by atomic mass is 16.3. The van der Waals surface area contributed by atoms with Gasteiger partial charge in [-0.25, -0.2) is 4.79 Å². The number of hydrogen-bond donors (Lipinski definition) is 3. The van der Waals surface area contributed by atoms with E-state index in [9.17, 15) is 9.90 Å². The predicted octanol–water partition coefficient (Wildman–Crippen LogP) is 0.388. The molecule has 0 radical (unpaired) electrons. The molecule has 0 spiro atoms. The van der Waals surface area contributed by atoms with Gasteiger partial charge in [0.25, 0.3) is 0 Å². The fourth-order valence-electron chi connectivity index (χ4n) is 0.990. The molecule has 1 rings (SSSR count). The van der Waals surface area contributed by atoms with Gasteiger partial charge in [0.1, 0.15) is 0 Å². The molecule has 2 amide bonds. The lowest BCUT2D eigenvalue weighted by atomic mass is 10.1. The van der Waals surface area contributed by atoms with Crippen LogP contribution in [0.5, 0.6) is 0 Å². The van der Waals surface area contributed by atoms with E-state index < -0.39 is 12.1 Å². The second-order valence-corrected chi connectivity index (χ2v) is 2.67. The molecule has 0 fully saturated rings. The molecular formula is C9H12N2O2. The van der Waals surface area contributed by atoms with Gasteiger partial charge in [-0.1, -0.05) is 30.3 Å². The fourth-order valence-corrected chi connectivity index (χ4v) is 0.990. The third-order valence-electron chi connectivity index (χ3n) is 1.65. The molecule has 1 aromatic carbocycles. The molecule has 4 N–H and O–H groups in total. The Morgan fingerprint density at radius 2 is 2.08 bits per heavy atom. The highest BCUT2D eigenvalue weighted by molar-refractivity contribution is 5.71. The summed E-state index contributed by atoms with van der Waals surface area (Å²) in [5.41, 5.74) is 5.62. The van der Waals surface area contributed by atoms with Crippen molar-refractivity contribution < 1.29 is 9.90 Å². The molecule has 0 saturated heterocycles. The summed E-state index contributed by atoms with van der Waals surface area (Å²) >= 11 is 0. The number of amides is 2. The van der Waals surface area contributed by atoms with Crippen molar-refractivity contribution in [3.8, 4) is 0 Å². The van der Waals surface area contributed by atoms with E-state index >= 15 is 0 Å². The molecule has 0 aromatic heterocycles. The van der Waals surface area contributed by atoms with Crippen LogP contribution in [0.25, 0.3) is 0 Å². The Labute approximate surface area is 76.4 Å². The number of aliphatic hydroxyl groups is 1. The first kappa shape index (κ1) is 9.54. The van der Waals surface area contributed by atoms with E-state index in [1.54, 1.807) is 12.1 Å². The van der Waals surface area contributed by atoms with Crippen LogP contribution >= 0.6 is 0 Å². The van der Waals surface area contributed by atoms with Gasteiger partial charge in [-0.2, -0.15) is 0 Å². The number of nitrogens with two attached hydrogens (primary N) is 1. The van der Waals surface area contributed by atoms with Gasteiger partial charge in [-0.15, -0.1) is 0 Å². The first-order chi connectivity index (χ1) is 6.20. The van der Waals surface area contributed by atoms with E-state index in [0.717, 1.165) is 5.56 Å². The first-order valence-electron chi connectivity index (χ1n) is 3.96. The van der Waals surface area contributed by atoms with E-state index in [1.165, 1.54) is 0 Å². The van der Waals surface area contributed by atoms with Crippen molar-refractivity contribution in [3.05, 3.63) is 35.9 Å². The Hall–Kier alpha value is -1.55. The molecule has 0 heterocycles. The summed E-state index contributed by atoms with van der Waals surface area (Å²) in [5.74, 6) is 0. The number of aliphatic hydroxyl groups excluding tert-OH is 1. The quantitative estimate of drug-likeness (QED) is 0.629. The molecule has 0 aliphatic heterocycles. The van der Waals surface area contributed by atoms with Crippen molar-refractivity contribution in [1.29, 1.82) is 0 Å². The van der Waals surface area contributed by atoms with Gasteiger partial charge < -0.3 is 16.2 Å². The van der Waals surface area contributed by atoms with Crippen molar-refractivity contribution in [2.75, 3.05) is 6.54 Å². The standard InChI is InChI=1S/C9H12N2O2/c10-9(13)11-6-8(12)7-4-2-1-3-5-7/h1-5,8,12H,6H2,(H3,10,11,13)/t8-/m1/s1. The monoisotopic (exact) mass is 180 g/mol. The van der Waals surface area contributed by atoms with Gasteiger partial charge in [0, 0.05) is 6.54 Å². The van der Waals surface area contributed by atoms with Gasteiger partial charge in [-0.05, 0) is 5.56 Å². The molecule has 0 bridgehead atoms. The number of benzene rings is 1. The van der Waals surface area contributed by atoms with Gasteiger partial charge in [0.05, 0.1) is 6.10 Å². The molecule has 70 valence electrons. The molecule has 1 aromatic rings. The largest absolute Gasteiger partial charge is 0.387 e. The van der Waals surface area contributed by atoms with Crippen molar-refractivity contribution >= 4 is 6.03 Å². The van der Waals surface area contributed by atoms with E-state index in [1.807, 2.05) is 18.2 Å². The molecular weight excluding hydrogens is 168 g/mol. The highest BCUT2D eigenvalue weighted by Crippen LogP contribution is 2.09. The van der Waals surface area contributed by atoms with Crippen LogP contribution in [-0.2, 0) is 0 Å². The summed E-state index contributed by atoms with van der Waals surface area (Å²) in [6, 6.07) is 8.44. The second kappa shape index (κ2) is 4.47. The van der Waals surface area contributed by atoms with Crippen LogP contribution in [0.4, 0.5) is 4.79 Å². The van der Waals surface area contributed by atoms with Gasteiger partial charge in [-0.3, -0.25) is 0 Å². The maximum atomic E-state index is 10.3. The van der Waals surface area contributed by atoms with Crippen molar-refractivity contribution in [2.45, 2.75) is 6.10 Å². The van der Waals surface area contributed by atoms with Crippen LogP contribution in [-0.4, -0.2) is 17.7 Å². The lowest BCUT2D eigenvalue weighted by Gasteiger charge is -2.10. The molecule has 0 aliphatic carbocycles. The Kier molecular flexibility index (Phi) is 3.28. The number of primary amides is 1. The SMILES string of the molecule is NC(=O)NC[C@@H](O)c1ccccc1. The topological polar surface area (TPSA) is 75.4 Å². The van der Waals surface area contributed by atoms with Gasteiger partial charge in [0.2, 0.25) is 0 Å². The zero-order valence-electron chi connectivity index (χ0n) is 7.10. The number of carbonyl (C=O) groups is 1. The van der Waals surface area contributed by atoms with Crippen molar-refractivity contribution in [3.63, 3.8) is 0 Å². The van der Waals surface area contributed by atoms with Crippen LogP contribution in [0.15, 0.2) is 30.3 Å². The number of rotatable bonds is 3. The lowest BCUT2D eigenvalue weighted by molar-refractivity contribution is 0.174. The van der Waals surface area contributed by atoms with Crippen LogP contribution in [0, 0.1) is 0 Å². The molecule has 0 unspecified atom stereocenters. The summed E-state index contributed by atoms with van der Waals surface area (Å²) in [7, 11) is 0. The normalized spacial score (nSPS) is 12.1. The smallest absolute Gasteiger partial charge is 0.312 e. The van der Waals surface area contributed by atoms with Crippen molar-refractivity contribution in [2.24, 2.45) is 5.73 Å². The Bertz CT molecular complexity index is 274. The summed E-state index contributed by atoms with van der Waals surface area (Å²) < 4.78 is 0. The number of hydrogen-bond acceptors (Lipinski definition) is 2. The Balaban J connectivity index is 2.49. The molecule has 4 nitrogen and oxygen atoms in total. The van der Waals surface area contributed by atoms with Crippen molar-refractivity contribution in [1.82, 2.24) is 5.32 Å². The summed E-state index contributed by atoms with van der Waals surface area (Å²) in [4.78, 5) is 10.3. The second-order valence-electron chi connectivity index (χ2n) is 2.67. The van der Waals surface area contributed by atoms with Crippen LogP contribution in [0.3, 0.4) is 0 Å². The zero-order valence-corrected chi connectivity index (χ0v) is 7.10. The zero-order chi connectivity index (χ0) is 9.68. The summed E-state index contributed by atoms with van der Waals surface area (Å²) in [6.07, 6.45) is -0.700. The maximum absolute atomic E-state index is 10.3. The minimum Gasteiger partial charge on any atom is -0.387 e. The molecule has 0 saturated carbocycles. The Morgan fingerprint density at radius 3 is 2.62 bits per heavy atom. The Morgan fingerprint density at radius 1 is 1.46 bits per heavy atom. The molecule has 1 atom stereocenters. The third-order valence-corrected chi connectivity index (χ3v) is 1.65. The lowest BCUT2D eigenvalue weighted by Crippen LogP contribution is -2.32. The van der Waals surface area contributed by atoms with Crippen LogP contribution in [0.2, 0.25) is 0 Å². The maximum Gasteiger partial charge on any atom is 0.312 e. The summed E-state index contributed by atoms with van der Waals surface area (Å²) in [6.45, 7) is 0.138. The summed E-state index contributed by atoms with van der Waals surface area (Å²) in [5, 5.41) is 11.8.